The molecule has 0 amide bonds. The molecule has 0 spiro atoms. The molecule has 0 bridgehead atoms. The zero-order valence-corrected chi connectivity index (χ0v) is 31.7. The minimum absolute atomic E-state index is 0.121. The van der Waals surface area contributed by atoms with Crippen LogP contribution in [0.4, 0.5) is 17.1 Å². The molecule has 1 heteroatoms. The summed E-state index contributed by atoms with van der Waals surface area (Å²) in [6.45, 7) is 0. The number of fused-ring (bicyclic) bond motifs is 2. The molecule has 59 heavy (non-hydrogen) atoms. The largest absolute Gasteiger partial charge is 0.311 e. The molecule has 274 valence electrons. The van der Waals surface area contributed by atoms with Crippen molar-refractivity contribution in [1.29, 1.82) is 0 Å². The third-order valence-corrected chi connectivity index (χ3v) is 11.7. The van der Waals surface area contributed by atoms with Crippen LogP contribution in [0.25, 0.3) is 98.0 Å². The first-order chi connectivity index (χ1) is 32.6. The van der Waals surface area contributed by atoms with E-state index in [1.807, 2.05) is 24.3 Å². The number of nitrogens with zero attached hydrogens (tertiary/aromatic N) is 1. The highest BCUT2D eigenvalue weighted by Gasteiger charge is 2.18. The van der Waals surface area contributed by atoms with Gasteiger partial charge in [0.1, 0.15) is 0 Å². The molecule has 0 saturated heterocycles. The molecule has 0 heterocycles. The quantitative estimate of drug-likeness (QED) is 0.153. The Morgan fingerprint density at radius 2 is 0.661 bits per heavy atom. The lowest BCUT2D eigenvalue weighted by Crippen LogP contribution is -2.09. The van der Waals surface area contributed by atoms with Gasteiger partial charge in [-0.1, -0.05) is 176 Å². The molecule has 0 saturated carbocycles. The minimum atomic E-state index is -0.383. The zero-order chi connectivity index (χ0) is 45.8. The molecule has 12 aromatic carbocycles. The molecule has 12 rings (SSSR count). The van der Waals surface area contributed by atoms with Crippen LogP contribution in [-0.4, -0.2) is 0 Å². The summed E-state index contributed by atoms with van der Waals surface area (Å²) >= 11 is 0. The van der Waals surface area contributed by atoms with E-state index in [9.17, 15) is 11.0 Å². The van der Waals surface area contributed by atoms with Gasteiger partial charge in [0.25, 0.3) is 0 Å². The van der Waals surface area contributed by atoms with Crippen LogP contribution in [0.5, 0.6) is 0 Å². The van der Waals surface area contributed by atoms with E-state index in [0.717, 1.165) is 38.1 Å². The molecule has 0 aliphatic rings. The van der Waals surface area contributed by atoms with Crippen molar-refractivity contribution in [2.75, 3.05) is 4.90 Å². The predicted molar refractivity (Wildman–Crippen MR) is 254 cm³/mol. The first-order valence-corrected chi connectivity index (χ1v) is 19.8. The normalized spacial score (nSPS) is 13.6. The summed E-state index contributed by atoms with van der Waals surface area (Å²) in [4.78, 5) is 1.36. The van der Waals surface area contributed by atoms with E-state index < -0.39 is 0 Å². The van der Waals surface area contributed by atoms with Crippen molar-refractivity contribution in [2.45, 2.75) is 0 Å². The summed E-state index contributed by atoms with van der Waals surface area (Å²) in [6, 6.07) is 55.2. The van der Waals surface area contributed by atoms with Gasteiger partial charge in [-0.15, -0.1) is 0 Å². The third kappa shape index (κ3) is 5.47. The highest BCUT2D eigenvalue weighted by atomic mass is 15.1. The van der Waals surface area contributed by atoms with E-state index >= 15 is 0 Å². The Kier molecular flexibility index (Phi) is 5.98. The van der Waals surface area contributed by atoms with Gasteiger partial charge in [0, 0.05) is 17.1 Å². The maximum absolute atomic E-state index is 9.46. The Balaban J connectivity index is 1.10. The lowest BCUT2D eigenvalue weighted by atomic mass is 9.86. The van der Waals surface area contributed by atoms with Crippen molar-refractivity contribution in [1.82, 2.24) is 0 Å². The Bertz CT molecular complexity index is 3830. The monoisotopic (exact) mass is 755 g/mol. The number of anilines is 3. The fourth-order valence-corrected chi connectivity index (χ4v) is 8.96. The van der Waals surface area contributed by atoms with Crippen LogP contribution >= 0.6 is 0 Å². The number of hydrogen-bond donors (Lipinski definition) is 0. The lowest BCUT2D eigenvalue weighted by molar-refractivity contribution is 1.28. The Hall–Kier alpha value is -7.74. The maximum atomic E-state index is 9.46. The second kappa shape index (κ2) is 13.4. The topological polar surface area (TPSA) is 3.24 Å². The molecule has 0 aliphatic heterocycles. The summed E-state index contributed by atoms with van der Waals surface area (Å²) in [5.41, 5.74) is 3.04. The van der Waals surface area contributed by atoms with Crippen LogP contribution in [0.15, 0.2) is 224 Å². The van der Waals surface area contributed by atoms with E-state index in [0.29, 0.717) is 16.8 Å². The van der Waals surface area contributed by atoms with Crippen molar-refractivity contribution in [3.8, 4) is 33.4 Å². The summed E-state index contributed by atoms with van der Waals surface area (Å²) in [7, 11) is 0. The van der Waals surface area contributed by atoms with E-state index in [4.69, 9.17) is 0 Å². The maximum Gasteiger partial charge on any atom is 0.0645 e. The predicted octanol–water partition coefficient (Wildman–Crippen LogP) is 16.5. The SMILES string of the molecule is [2H]c1c([2H])c(N(c2ccc(-c3cc4ccc5cccc6c7cccc8ccc9cccc(c(c3)c4c56)c9c87)cc2)c2c([2H])c([2H])c(-c3ccccc3)c([2H])c2[2H])c([2H])c([2H])c1-c1ccccc1. The average Bonchev–Trinajstić information content (AvgIpc) is 3.36. The van der Waals surface area contributed by atoms with Crippen LogP contribution in [-0.2, 0) is 0 Å². The van der Waals surface area contributed by atoms with Gasteiger partial charge in [-0.25, -0.2) is 0 Å². The summed E-state index contributed by atoms with van der Waals surface area (Å²) < 4.78 is 74.8. The van der Waals surface area contributed by atoms with E-state index in [2.05, 4.69) is 91.0 Å². The van der Waals surface area contributed by atoms with E-state index in [-0.39, 0.29) is 70.8 Å². The Morgan fingerprint density at radius 3 is 1.14 bits per heavy atom. The van der Waals surface area contributed by atoms with E-state index in [1.165, 1.54) is 42.6 Å². The van der Waals surface area contributed by atoms with Crippen molar-refractivity contribution >= 4 is 81.7 Å². The highest BCUT2D eigenvalue weighted by Crippen LogP contribution is 2.45. The van der Waals surface area contributed by atoms with Crippen molar-refractivity contribution in [3.63, 3.8) is 0 Å². The second-order valence-electron chi connectivity index (χ2n) is 15.0. The smallest absolute Gasteiger partial charge is 0.0645 e. The van der Waals surface area contributed by atoms with Gasteiger partial charge < -0.3 is 4.90 Å². The van der Waals surface area contributed by atoms with Crippen LogP contribution in [0.3, 0.4) is 0 Å². The Labute approximate surface area is 354 Å². The van der Waals surface area contributed by atoms with Crippen LogP contribution in [0.1, 0.15) is 11.0 Å². The highest BCUT2D eigenvalue weighted by molar-refractivity contribution is 6.37. The van der Waals surface area contributed by atoms with Crippen molar-refractivity contribution in [2.24, 2.45) is 0 Å². The molecule has 0 atom stereocenters. The van der Waals surface area contributed by atoms with Crippen LogP contribution < -0.4 is 4.90 Å². The van der Waals surface area contributed by atoms with Gasteiger partial charge in [-0.2, -0.15) is 0 Å². The van der Waals surface area contributed by atoms with Gasteiger partial charge in [-0.05, 0) is 146 Å². The first-order valence-electron chi connectivity index (χ1n) is 23.8. The first kappa shape index (κ1) is 26.2. The number of benzene rings is 11. The number of hydrogen-bond acceptors (Lipinski definition) is 1. The number of rotatable bonds is 6. The van der Waals surface area contributed by atoms with Gasteiger partial charge in [0.2, 0.25) is 0 Å². The second-order valence-corrected chi connectivity index (χ2v) is 15.0. The summed E-state index contributed by atoms with van der Waals surface area (Å²) in [6.07, 6.45) is 0. The summed E-state index contributed by atoms with van der Waals surface area (Å²) in [5.74, 6) is 0. The Morgan fingerprint density at radius 1 is 0.254 bits per heavy atom. The summed E-state index contributed by atoms with van der Waals surface area (Å²) in [5, 5.41) is 14.0. The molecule has 0 aromatic heterocycles. The third-order valence-electron chi connectivity index (χ3n) is 11.7. The molecule has 0 radical (unpaired) electrons. The fraction of sp³-hybridized carbons (Fsp3) is 0. The molecule has 1 nitrogen and oxygen atoms in total. The molecule has 0 aliphatic carbocycles. The van der Waals surface area contributed by atoms with Crippen molar-refractivity contribution in [3.05, 3.63) is 224 Å². The molecule has 0 unspecified atom stereocenters. The molecule has 0 fully saturated rings. The molecular formula is C58H37N. The van der Waals surface area contributed by atoms with Gasteiger partial charge in [-0.3, -0.25) is 0 Å². The minimum Gasteiger partial charge on any atom is -0.311 e. The fourth-order valence-electron chi connectivity index (χ4n) is 8.96. The average molecular weight is 756 g/mol. The van der Waals surface area contributed by atoms with Gasteiger partial charge >= 0.3 is 0 Å². The van der Waals surface area contributed by atoms with E-state index in [1.54, 1.807) is 60.7 Å². The van der Waals surface area contributed by atoms with Gasteiger partial charge in [0.15, 0.2) is 0 Å². The van der Waals surface area contributed by atoms with Gasteiger partial charge in [0.05, 0.1) is 11.0 Å². The molecule has 0 N–H and O–H groups in total. The standard InChI is InChI=1S/C58H37N/c1-3-10-38(11-4-1)40-24-30-48(31-25-40)59(49-32-26-41(27-33-49)39-12-5-2-6-13-39)50-34-28-42(29-35-50)47-36-46-23-22-45-15-8-18-52-51-17-7-14-43-20-21-44-16-9-19-53(57(44)55(43)51)54(37-47)58(46)56(45)52/h1-37H/i24D,25D,26D,27D,30D,31D,32D,33D. The van der Waals surface area contributed by atoms with Crippen LogP contribution in [0, 0.1) is 0 Å². The van der Waals surface area contributed by atoms with Crippen LogP contribution in [0.2, 0.25) is 0 Å². The molecule has 12 aromatic rings. The van der Waals surface area contributed by atoms with Crippen molar-refractivity contribution < 1.29 is 11.0 Å². The zero-order valence-electron chi connectivity index (χ0n) is 39.7. The lowest BCUT2D eigenvalue weighted by Gasteiger charge is -2.26. The molecular weight excluding hydrogens is 711 g/mol.